The third-order valence-electron chi connectivity index (χ3n) is 5.91. The predicted octanol–water partition coefficient (Wildman–Crippen LogP) is 1.52. The number of amides is 1. The van der Waals surface area contributed by atoms with E-state index in [1.54, 1.807) is 29.8 Å². The van der Waals surface area contributed by atoms with Gasteiger partial charge in [-0.3, -0.25) is 9.69 Å². The van der Waals surface area contributed by atoms with Gasteiger partial charge < -0.3 is 25.5 Å². The highest BCUT2D eigenvalue weighted by atomic mass is 32.2. The van der Waals surface area contributed by atoms with Crippen molar-refractivity contribution in [3.63, 3.8) is 0 Å². The van der Waals surface area contributed by atoms with E-state index in [4.69, 9.17) is 15.6 Å². The van der Waals surface area contributed by atoms with E-state index in [-0.39, 0.29) is 11.5 Å². The van der Waals surface area contributed by atoms with Crippen LogP contribution in [0.15, 0.2) is 29.3 Å². The third kappa shape index (κ3) is 5.54. The van der Waals surface area contributed by atoms with Gasteiger partial charge in [0.05, 0.1) is 29.5 Å². The highest BCUT2D eigenvalue weighted by Crippen LogP contribution is 2.35. The molecule has 3 rings (SSSR count). The Morgan fingerprint density at radius 2 is 1.91 bits per heavy atom. The van der Waals surface area contributed by atoms with Crippen molar-refractivity contribution < 1.29 is 23.1 Å². The fraction of sp³-hybridized carbons (Fsp3) is 0.522. The number of aliphatic hydroxyl groups excluding tert-OH is 1. The second kappa shape index (κ2) is 11.2. The number of hydrogen-bond acceptors (Lipinski definition) is 7. The van der Waals surface area contributed by atoms with Crippen LogP contribution in [-0.2, 0) is 23.5 Å². The number of primary amides is 1. The van der Waals surface area contributed by atoms with Gasteiger partial charge in [-0.2, -0.15) is 4.31 Å². The first-order chi connectivity index (χ1) is 16.2. The zero-order valence-electron chi connectivity index (χ0n) is 20.1. The van der Waals surface area contributed by atoms with Crippen LogP contribution in [0.25, 0.3) is 0 Å². The fourth-order valence-electron chi connectivity index (χ4n) is 4.25. The van der Waals surface area contributed by atoms with Gasteiger partial charge in [-0.25, -0.2) is 8.42 Å². The van der Waals surface area contributed by atoms with Crippen LogP contribution in [0.2, 0.25) is 0 Å². The molecule has 0 aliphatic carbocycles. The number of aromatic nitrogens is 1. The summed E-state index contributed by atoms with van der Waals surface area (Å²) in [6.07, 6.45) is 3.45. The Morgan fingerprint density at radius 3 is 2.50 bits per heavy atom. The predicted molar refractivity (Wildman–Crippen MR) is 131 cm³/mol. The van der Waals surface area contributed by atoms with Gasteiger partial charge in [0.1, 0.15) is 11.4 Å². The summed E-state index contributed by atoms with van der Waals surface area (Å²) in [5.74, 6) is -0.0919. The van der Waals surface area contributed by atoms with E-state index in [1.807, 2.05) is 24.9 Å². The Morgan fingerprint density at radius 1 is 1.21 bits per heavy atom. The number of ether oxygens (including phenoxy) is 1. The molecule has 0 spiro atoms. The lowest BCUT2D eigenvalue weighted by Crippen LogP contribution is -2.49. The molecule has 1 aromatic carbocycles. The number of nitrogens with two attached hydrogens (primary N) is 1. The van der Waals surface area contributed by atoms with Crippen LogP contribution in [0.3, 0.4) is 0 Å². The van der Waals surface area contributed by atoms with Gasteiger partial charge in [0.2, 0.25) is 10.0 Å². The van der Waals surface area contributed by atoms with Crippen molar-refractivity contribution in [2.45, 2.75) is 31.6 Å². The highest BCUT2D eigenvalue weighted by Gasteiger charge is 2.29. The monoisotopic (exact) mass is 493 g/mol. The molecule has 0 unspecified atom stereocenters. The lowest BCUT2D eigenvalue weighted by Gasteiger charge is -2.33. The van der Waals surface area contributed by atoms with Gasteiger partial charge in [0, 0.05) is 46.0 Å². The third-order valence-corrected chi connectivity index (χ3v) is 7.80. The molecule has 11 heteroatoms. The number of carbonyl (C=O) groups is 1. The average Bonchev–Trinajstić information content (AvgIpc) is 3.10. The number of nitrogens with zero attached hydrogens (tertiary/aromatic N) is 3. The normalized spacial score (nSPS) is 15.4. The van der Waals surface area contributed by atoms with E-state index < -0.39 is 15.9 Å². The zero-order valence-corrected chi connectivity index (χ0v) is 20.9. The summed E-state index contributed by atoms with van der Waals surface area (Å²) in [4.78, 5) is 14.4. The maximum atomic E-state index is 13.4. The summed E-state index contributed by atoms with van der Waals surface area (Å²) in [7, 11) is -1.98. The number of hydrogen-bond donors (Lipinski definition) is 3. The molecule has 0 atom stereocenters. The summed E-state index contributed by atoms with van der Waals surface area (Å²) in [5.41, 5.74) is 7.89. The topological polar surface area (TPSA) is 130 Å². The van der Waals surface area contributed by atoms with Crippen LogP contribution in [0.1, 0.15) is 36.3 Å². The van der Waals surface area contributed by atoms with Crippen molar-refractivity contribution >= 4 is 27.3 Å². The molecule has 10 nitrogen and oxygen atoms in total. The first-order valence-electron chi connectivity index (χ1n) is 11.6. The first kappa shape index (κ1) is 26.0. The number of rotatable bonds is 11. The molecule has 4 N–H and O–H groups in total. The van der Waals surface area contributed by atoms with Gasteiger partial charge in [0.25, 0.3) is 5.91 Å². The lowest BCUT2D eigenvalue weighted by molar-refractivity contribution is 0.0993. The van der Waals surface area contributed by atoms with Crippen LogP contribution >= 0.6 is 0 Å². The quantitative estimate of drug-likeness (QED) is 0.433. The molecule has 0 radical (unpaired) electrons. The van der Waals surface area contributed by atoms with E-state index in [9.17, 15) is 13.2 Å². The Kier molecular flexibility index (Phi) is 8.58. The molecule has 1 amide bonds. The Bertz CT molecular complexity index is 1110. The molecule has 0 saturated carbocycles. The van der Waals surface area contributed by atoms with Gasteiger partial charge >= 0.3 is 0 Å². The van der Waals surface area contributed by atoms with Crippen molar-refractivity contribution in [2.24, 2.45) is 12.8 Å². The molecule has 34 heavy (non-hydrogen) atoms. The van der Waals surface area contributed by atoms with Gasteiger partial charge in [-0.1, -0.05) is 13.3 Å². The maximum absolute atomic E-state index is 13.4. The van der Waals surface area contributed by atoms with Crippen molar-refractivity contribution in [1.82, 2.24) is 13.8 Å². The molecule has 0 bridgehead atoms. The number of carbonyl (C=O) groups excluding carboxylic acids is 1. The number of aliphatic hydroxyl groups is 1. The minimum Gasteiger partial charge on any atom is -0.492 e. The minimum atomic E-state index is -3.74. The summed E-state index contributed by atoms with van der Waals surface area (Å²) >= 11 is 0. The molecular weight excluding hydrogens is 458 g/mol. The number of nitrogens with one attached hydrogen (secondary N) is 1. The number of benzene rings is 1. The minimum absolute atomic E-state index is 0.0491. The highest BCUT2D eigenvalue weighted by molar-refractivity contribution is 7.89. The van der Waals surface area contributed by atoms with E-state index in [0.29, 0.717) is 62.1 Å². The summed E-state index contributed by atoms with van der Waals surface area (Å²) in [6.45, 7) is 6.69. The van der Waals surface area contributed by atoms with Crippen LogP contribution in [-0.4, -0.2) is 79.1 Å². The molecule has 188 valence electrons. The van der Waals surface area contributed by atoms with Crippen LogP contribution in [0.5, 0.6) is 5.75 Å². The lowest BCUT2D eigenvalue weighted by atomic mass is 10.1. The van der Waals surface area contributed by atoms with Crippen molar-refractivity contribution in [3.8, 4) is 5.75 Å². The Balaban J connectivity index is 1.97. The van der Waals surface area contributed by atoms with Crippen molar-refractivity contribution in [3.05, 3.63) is 35.7 Å². The van der Waals surface area contributed by atoms with Gasteiger partial charge in [0.15, 0.2) is 0 Å². The zero-order chi connectivity index (χ0) is 24.9. The largest absolute Gasteiger partial charge is 0.492 e. The summed E-state index contributed by atoms with van der Waals surface area (Å²) in [5, 5.41) is 12.4. The molecule has 2 heterocycles. The molecule has 1 aliphatic rings. The SMILES string of the molecule is CCCc1cn(C)c(C(N)=O)c1Nc1cc(S(=O)(=O)N2CCN(CCO)CC2)ccc1OCC. The second-order valence-electron chi connectivity index (χ2n) is 8.29. The average molecular weight is 494 g/mol. The number of aryl methyl sites for hydroxylation is 2. The van der Waals surface area contributed by atoms with Crippen molar-refractivity contribution in [1.29, 1.82) is 0 Å². The second-order valence-corrected chi connectivity index (χ2v) is 10.2. The summed E-state index contributed by atoms with van der Waals surface area (Å²) in [6, 6.07) is 4.72. The van der Waals surface area contributed by atoms with Crippen LogP contribution < -0.4 is 15.8 Å². The molecule has 1 saturated heterocycles. The van der Waals surface area contributed by atoms with E-state index in [0.717, 1.165) is 18.4 Å². The van der Waals surface area contributed by atoms with E-state index in [1.165, 1.54) is 4.31 Å². The number of anilines is 2. The molecule has 1 aliphatic heterocycles. The number of sulfonamides is 1. The van der Waals surface area contributed by atoms with Gasteiger partial charge in [-0.15, -0.1) is 0 Å². The first-order valence-corrected chi connectivity index (χ1v) is 13.0. The fourth-order valence-corrected chi connectivity index (χ4v) is 5.70. The number of β-amino-alcohol motifs (C(OH)–C–C–N with tert-alkyl or cyclic N) is 1. The maximum Gasteiger partial charge on any atom is 0.267 e. The number of piperazine rings is 1. The molecular formula is C23H35N5O5S. The molecule has 2 aromatic rings. The smallest absolute Gasteiger partial charge is 0.267 e. The molecule has 1 fully saturated rings. The van der Waals surface area contributed by atoms with E-state index >= 15 is 0 Å². The molecule has 1 aromatic heterocycles. The Labute approximate surface area is 201 Å². The van der Waals surface area contributed by atoms with Crippen LogP contribution in [0, 0.1) is 0 Å². The van der Waals surface area contributed by atoms with Crippen molar-refractivity contribution in [2.75, 3.05) is 51.3 Å². The van der Waals surface area contributed by atoms with Crippen LogP contribution in [0.4, 0.5) is 11.4 Å². The summed E-state index contributed by atoms with van der Waals surface area (Å²) < 4.78 is 35.7. The standard InChI is InChI=1S/C23H35N5O5S/c1-4-6-17-16-26(3)22(23(24)30)21(17)25-19-15-18(7-8-20(19)33-5-2)34(31,32)28-11-9-27(10-12-28)13-14-29/h7-8,15-16,25,29H,4-6,9-14H2,1-3H3,(H2,24,30). The van der Waals surface area contributed by atoms with E-state index in [2.05, 4.69) is 5.32 Å². The Hall–Kier alpha value is -2.60. The van der Waals surface area contributed by atoms with Gasteiger partial charge in [-0.05, 0) is 37.1 Å².